The van der Waals surface area contributed by atoms with Crippen LogP contribution in [0, 0.1) is 0 Å². The molecule has 2 aromatic rings. The van der Waals surface area contributed by atoms with E-state index in [-0.39, 0.29) is 0 Å². The number of para-hydroxylation sites is 1. The summed E-state index contributed by atoms with van der Waals surface area (Å²) in [4.78, 5) is 11.6. The van der Waals surface area contributed by atoms with E-state index in [0.29, 0.717) is 17.7 Å². The molecule has 3 heteroatoms. The molecule has 3 nitrogen and oxygen atoms in total. The van der Waals surface area contributed by atoms with Gasteiger partial charge in [-0.2, -0.15) is 0 Å². The fraction of sp³-hybridized carbons (Fsp3) is 0.278. The predicted octanol–water partition coefficient (Wildman–Crippen LogP) is 3.09. The number of aryl methyl sites for hydroxylation is 1. The van der Waals surface area contributed by atoms with Crippen molar-refractivity contribution >= 4 is 5.97 Å². The molecule has 21 heavy (non-hydrogen) atoms. The van der Waals surface area contributed by atoms with E-state index in [1.54, 1.807) is 0 Å². The van der Waals surface area contributed by atoms with E-state index in [2.05, 4.69) is 6.92 Å². The van der Waals surface area contributed by atoms with E-state index in [9.17, 15) is 9.90 Å². The molecule has 0 saturated carbocycles. The number of carboxylic acids is 1. The first-order valence-corrected chi connectivity index (χ1v) is 7.32. The minimum Gasteiger partial charge on any atom is -0.545 e. The number of carboxylic acid groups (broad SMARTS) is 1. The summed E-state index contributed by atoms with van der Waals surface area (Å²) in [5.74, 6) is 0.324. The molecule has 0 radical (unpaired) electrons. The Morgan fingerprint density at radius 2 is 2.00 bits per heavy atom. The molecule has 0 unspecified atom stereocenters. The topological polar surface area (TPSA) is 49.4 Å². The molecule has 0 N–H and O–H groups in total. The van der Waals surface area contributed by atoms with Gasteiger partial charge in [-0.1, -0.05) is 37.6 Å². The molecule has 108 valence electrons. The highest BCUT2D eigenvalue weighted by Gasteiger charge is 2.21. The van der Waals surface area contributed by atoms with Crippen molar-refractivity contribution in [1.29, 1.82) is 0 Å². The van der Waals surface area contributed by atoms with E-state index in [0.717, 1.165) is 41.7 Å². The number of hydrogen-bond donors (Lipinski definition) is 0. The predicted molar refractivity (Wildman–Crippen MR) is 78.7 cm³/mol. The molecule has 0 aliphatic carbocycles. The highest BCUT2D eigenvalue weighted by atomic mass is 16.5. The number of ether oxygens (including phenoxy) is 1. The van der Waals surface area contributed by atoms with Crippen molar-refractivity contribution in [3.05, 3.63) is 58.7 Å². The van der Waals surface area contributed by atoms with Gasteiger partial charge in [0.2, 0.25) is 0 Å². The maximum Gasteiger partial charge on any atom is 0.131 e. The molecule has 1 heterocycles. The van der Waals surface area contributed by atoms with Crippen LogP contribution >= 0.6 is 0 Å². The lowest BCUT2D eigenvalue weighted by Crippen LogP contribution is -2.26. The summed E-state index contributed by atoms with van der Waals surface area (Å²) in [6.07, 6.45) is 3.34. The van der Waals surface area contributed by atoms with Crippen molar-refractivity contribution in [3.63, 3.8) is 0 Å². The number of carbonyl (C=O) groups is 1. The number of rotatable bonds is 4. The molecule has 1 aliphatic rings. The second-order valence-electron chi connectivity index (χ2n) is 5.35. The number of aromatic carboxylic acids is 1. The van der Waals surface area contributed by atoms with Gasteiger partial charge >= 0.3 is 0 Å². The molecule has 0 spiro atoms. The molecule has 0 saturated heterocycles. The standard InChI is InChI=1S/C18H18O3/c1-2-3-6-12-9-10-16-14(17(12)18(19)20)11-13-7-4-5-8-15(13)21-16/h4-5,7-10H,2-3,6,11H2,1H3,(H,19,20)/p-1. The Morgan fingerprint density at radius 1 is 1.19 bits per heavy atom. The quantitative estimate of drug-likeness (QED) is 0.738. The molecular formula is C18H17O3-. The molecule has 0 atom stereocenters. The van der Waals surface area contributed by atoms with Gasteiger partial charge in [-0.25, -0.2) is 0 Å². The van der Waals surface area contributed by atoms with Crippen molar-refractivity contribution in [2.24, 2.45) is 0 Å². The first kappa shape index (κ1) is 13.7. The Bertz CT molecular complexity index is 689. The van der Waals surface area contributed by atoms with Crippen LogP contribution in [0.1, 0.15) is 46.8 Å². The fourth-order valence-corrected chi connectivity index (χ4v) is 2.84. The smallest absolute Gasteiger partial charge is 0.131 e. The van der Waals surface area contributed by atoms with E-state index >= 15 is 0 Å². The van der Waals surface area contributed by atoms with Crippen LogP contribution in [0.2, 0.25) is 0 Å². The van der Waals surface area contributed by atoms with Gasteiger partial charge in [0, 0.05) is 17.5 Å². The minimum atomic E-state index is -1.11. The molecular weight excluding hydrogens is 264 g/mol. The number of carbonyl (C=O) groups excluding carboxylic acids is 1. The summed E-state index contributed by atoms with van der Waals surface area (Å²) in [5, 5.41) is 11.6. The molecule has 0 aromatic heterocycles. The van der Waals surface area contributed by atoms with Gasteiger partial charge in [0.1, 0.15) is 11.5 Å². The zero-order valence-corrected chi connectivity index (χ0v) is 12.0. The summed E-state index contributed by atoms with van der Waals surface area (Å²) < 4.78 is 5.84. The first-order valence-electron chi connectivity index (χ1n) is 7.32. The third-order valence-corrected chi connectivity index (χ3v) is 3.92. The Hall–Kier alpha value is -2.29. The normalized spacial score (nSPS) is 12.2. The molecule has 3 rings (SSSR count). The molecule has 0 bridgehead atoms. The van der Waals surface area contributed by atoms with Gasteiger partial charge in [-0.05, 0) is 36.1 Å². The fourth-order valence-electron chi connectivity index (χ4n) is 2.84. The first-order chi connectivity index (χ1) is 10.2. The van der Waals surface area contributed by atoms with Crippen LogP contribution in [0.4, 0.5) is 0 Å². The number of fused-ring (bicyclic) bond motifs is 2. The second kappa shape index (κ2) is 5.60. The lowest BCUT2D eigenvalue weighted by Gasteiger charge is -2.25. The van der Waals surface area contributed by atoms with E-state index in [1.165, 1.54) is 0 Å². The number of hydrogen-bond acceptors (Lipinski definition) is 3. The lowest BCUT2D eigenvalue weighted by atomic mass is 9.91. The third kappa shape index (κ3) is 2.51. The van der Waals surface area contributed by atoms with Gasteiger partial charge in [-0.3, -0.25) is 0 Å². The molecule has 2 aromatic carbocycles. The lowest BCUT2D eigenvalue weighted by molar-refractivity contribution is -0.255. The van der Waals surface area contributed by atoms with E-state index < -0.39 is 5.97 Å². The van der Waals surface area contributed by atoms with Gasteiger partial charge in [0.15, 0.2) is 0 Å². The summed E-state index contributed by atoms with van der Waals surface area (Å²) in [6.45, 7) is 2.09. The van der Waals surface area contributed by atoms with Crippen LogP contribution in [0.15, 0.2) is 36.4 Å². The summed E-state index contributed by atoms with van der Waals surface area (Å²) >= 11 is 0. The van der Waals surface area contributed by atoms with Gasteiger partial charge in [0.05, 0.1) is 5.97 Å². The molecule has 0 amide bonds. The highest BCUT2D eigenvalue weighted by molar-refractivity contribution is 5.91. The summed E-state index contributed by atoms with van der Waals surface area (Å²) in [5.41, 5.74) is 2.91. The average molecular weight is 281 g/mol. The molecule has 0 fully saturated rings. The van der Waals surface area contributed by atoms with Gasteiger partial charge in [0.25, 0.3) is 0 Å². The van der Waals surface area contributed by atoms with Crippen LogP contribution in [-0.4, -0.2) is 5.97 Å². The minimum absolute atomic E-state index is 0.315. The van der Waals surface area contributed by atoms with Crippen molar-refractivity contribution < 1.29 is 14.6 Å². The highest BCUT2D eigenvalue weighted by Crippen LogP contribution is 2.39. The summed E-state index contributed by atoms with van der Waals surface area (Å²) in [7, 11) is 0. The van der Waals surface area contributed by atoms with Crippen LogP contribution < -0.4 is 9.84 Å². The van der Waals surface area contributed by atoms with Gasteiger partial charge in [-0.15, -0.1) is 0 Å². The number of unbranched alkanes of at least 4 members (excludes halogenated alkanes) is 1. The SMILES string of the molecule is CCCCc1ccc2c(c1C(=O)[O-])Cc1ccccc1O2. The second-order valence-corrected chi connectivity index (χ2v) is 5.35. The van der Waals surface area contributed by atoms with Crippen LogP contribution in [-0.2, 0) is 12.8 Å². The summed E-state index contributed by atoms with van der Waals surface area (Å²) in [6, 6.07) is 11.5. The zero-order chi connectivity index (χ0) is 14.8. The van der Waals surface area contributed by atoms with E-state index in [1.807, 2.05) is 36.4 Å². The maximum atomic E-state index is 11.6. The van der Waals surface area contributed by atoms with Gasteiger partial charge < -0.3 is 14.6 Å². The Balaban J connectivity index is 2.07. The Morgan fingerprint density at radius 3 is 2.76 bits per heavy atom. The third-order valence-electron chi connectivity index (χ3n) is 3.92. The zero-order valence-electron chi connectivity index (χ0n) is 12.0. The largest absolute Gasteiger partial charge is 0.545 e. The van der Waals surface area contributed by atoms with Crippen molar-refractivity contribution in [3.8, 4) is 11.5 Å². The van der Waals surface area contributed by atoms with Crippen LogP contribution in [0.3, 0.4) is 0 Å². The monoisotopic (exact) mass is 281 g/mol. The van der Waals surface area contributed by atoms with E-state index in [4.69, 9.17) is 4.74 Å². The van der Waals surface area contributed by atoms with Crippen LogP contribution in [0.5, 0.6) is 11.5 Å². The Kier molecular flexibility index (Phi) is 3.65. The number of benzene rings is 2. The Labute approximate surface area is 124 Å². The average Bonchev–Trinajstić information content (AvgIpc) is 2.50. The maximum absolute atomic E-state index is 11.6. The molecule has 1 aliphatic heterocycles. The van der Waals surface area contributed by atoms with Crippen molar-refractivity contribution in [2.45, 2.75) is 32.6 Å². The van der Waals surface area contributed by atoms with Crippen molar-refractivity contribution in [2.75, 3.05) is 0 Å². The van der Waals surface area contributed by atoms with Crippen LogP contribution in [0.25, 0.3) is 0 Å². The van der Waals surface area contributed by atoms with Crippen molar-refractivity contribution in [1.82, 2.24) is 0 Å².